The summed E-state index contributed by atoms with van der Waals surface area (Å²) in [5.41, 5.74) is 8.49. The third-order valence-electron chi connectivity index (χ3n) is 5.87. The molecule has 2 aromatic rings. The molecule has 2 unspecified atom stereocenters. The third-order valence-corrected chi connectivity index (χ3v) is 7.12. The Kier molecular flexibility index (Phi) is 5.34. The first kappa shape index (κ1) is 20.2. The molecule has 0 bridgehead atoms. The van der Waals surface area contributed by atoms with Crippen molar-refractivity contribution in [3.63, 3.8) is 0 Å². The van der Waals surface area contributed by atoms with Gasteiger partial charge in [-0.3, -0.25) is 9.59 Å². The fraction of sp³-hybridized carbons (Fsp3) is 0.364. The molecule has 4 rings (SSSR count). The highest BCUT2D eigenvalue weighted by Gasteiger charge is 2.49. The van der Waals surface area contributed by atoms with Crippen molar-refractivity contribution in [3.05, 3.63) is 44.9 Å². The van der Waals surface area contributed by atoms with Crippen molar-refractivity contribution in [2.45, 2.75) is 39.5 Å². The van der Waals surface area contributed by atoms with Gasteiger partial charge in [0, 0.05) is 5.69 Å². The van der Waals surface area contributed by atoms with E-state index >= 15 is 0 Å². The van der Waals surface area contributed by atoms with E-state index in [1.165, 1.54) is 4.90 Å². The number of benzene rings is 2. The maximum atomic E-state index is 13.0. The van der Waals surface area contributed by atoms with Crippen molar-refractivity contribution in [2.24, 2.45) is 11.8 Å². The molecule has 2 aromatic carbocycles. The molecule has 0 aromatic heterocycles. The highest BCUT2D eigenvalue weighted by molar-refractivity contribution is 9.10. The van der Waals surface area contributed by atoms with E-state index in [0.717, 1.165) is 36.8 Å². The normalized spacial score (nSPS) is 21.4. The average Bonchev–Trinajstić information content (AvgIpc) is 2.94. The summed E-state index contributed by atoms with van der Waals surface area (Å²) in [7, 11) is 0. The number of nitrogens with two attached hydrogens (primary N) is 1. The minimum Gasteiger partial charge on any atom is -0.454 e. The number of fused-ring (bicyclic) bond motifs is 1. The number of carbonyl (C=O) groups is 2. The van der Waals surface area contributed by atoms with Gasteiger partial charge >= 0.3 is 0 Å². The number of amides is 2. The summed E-state index contributed by atoms with van der Waals surface area (Å²) in [4.78, 5) is 27.4. The number of imide groups is 1. The van der Waals surface area contributed by atoms with Crippen LogP contribution in [0, 0.1) is 25.7 Å². The number of nitrogen functional groups attached to an aromatic ring is 1. The molecule has 0 spiro atoms. The van der Waals surface area contributed by atoms with Crippen molar-refractivity contribution in [1.29, 1.82) is 0 Å². The number of carbonyl (C=O) groups excluding carboxylic acids is 2. The Bertz CT molecular complexity index is 1000. The molecule has 1 saturated heterocycles. The van der Waals surface area contributed by atoms with Crippen LogP contribution in [0.3, 0.4) is 0 Å². The first-order valence-corrected chi connectivity index (χ1v) is 10.9. The molecule has 29 heavy (non-hydrogen) atoms. The quantitative estimate of drug-likeness (QED) is 0.450. The zero-order chi connectivity index (χ0) is 20.9. The molecule has 2 N–H and O–H groups in total. The van der Waals surface area contributed by atoms with E-state index in [4.69, 9.17) is 22.1 Å². The lowest BCUT2D eigenvalue weighted by atomic mass is 9.81. The number of nitrogens with zero attached hydrogens (tertiary/aromatic N) is 1. The first-order valence-electron chi connectivity index (χ1n) is 9.70. The minimum atomic E-state index is -0.181. The summed E-state index contributed by atoms with van der Waals surface area (Å²) in [6, 6.07) is 6.90. The lowest BCUT2D eigenvalue weighted by Crippen LogP contribution is -2.31. The molecule has 1 heterocycles. The average molecular weight is 478 g/mol. The smallest absolute Gasteiger partial charge is 0.237 e. The van der Waals surface area contributed by atoms with Gasteiger partial charge in [-0.25, -0.2) is 4.90 Å². The number of ether oxygens (including phenoxy) is 1. The monoisotopic (exact) mass is 476 g/mol. The topological polar surface area (TPSA) is 72.6 Å². The second-order valence-corrected chi connectivity index (χ2v) is 8.98. The zero-order valence-corrected chi connectivity index (χ0v) is 18.6. The van der Waals surface area contributed by atoms with Crippen LogP contribution >= 0.6 is 27.5 Å². The Balaban J connectivity index is 1.72. The Morgan fingerprint density at radius 2 is 1.72 bits per heavy atom. The van der Waals surface area contributed by atoms with E-state index in [9.17, 15) is 9.59 Å². The summed E-state index contributed by atoms with van der Waals surface area (Å²) < 4.78 is 6.74. The van der Waals surface area contributed by atoms with Gasteiger partial charge in [0.25, 0.3) is 0 Å². The molecular formula is C22H22BrClN2O3. The molecule has 1 saturated carbocycles. The SMILES string of the molecule is Cc1cc(N2C(=O)C3CCCCC3C2=O)c(C)c(Br)c1Oc1ccc(N)cc1Cl. The molecule has 7 heteroatoms. The number of hydrogen-bond donors (Lipinski definition) is 1. The van der Waals surface area contributed by atoms with Gasteiger partial charge in [-0.05, 0) is 78.0 Å². The van der Waals surface area contributed by atoms with Crippen LogP contribution in [0.5, 0.6) is 11.5 Å². The summed E-state index contributed by atoms with van der Waals surface area (Å²) in [6.07, 6.45) is 3.60. The highest BCUT2D eigenvalue weighted by atomic mass is 79.9. The van der Waals surface area contributed by atoms with Crippen molar-refractivity contribution in [2.75, 3.05) is 10.6 Å². The predicted molar refractivity (Wildman–Crippen MR) is 117 cm³/mol. The van der Waals surface area contributed by atoms with Crippen LogP contribution in [-0.4, -0.2) is 11.8 Å². The molecule has 2 amide bonds. The molecule has 1 aliphatic carbocycles. The highest BCUT2D eigenvalue weighted by Crippen LogP contribution is 2.46. The van der Waals surface area contributed by atoms with Crippen LogP contribution in [0.25, 0.3) is 0 Å². The molecule has 152 valence electrons. The van der Waals surface area contributed by atoms with Gasteiger partial charge in [0.1, 0.15) is 11.5 Å². The van der Waals surface area contributed by atoms with Crippen LogP contribution in [-0.2, 0) is 9.59 Å². The molecule has 2 atom stereocenters. The van der Waals surface area contributed by atoms with Gasteiger partial charge in [0.2, 0.25) is 11.8 Å². The summed E-state index contributed by atoms with van der Waals surface area (Å²) >= 11 is 9.85. The maximum absolute atomic E-state index is 13.0. The van der Waals surface area contributed by atoms with E-state index < -0.39 is 0 Å². The minimum absolute atomic E-state index is 0.0793. The fourth-order valence-electron chi connectivity index (χ4n) is 4.30. The molecule has 5 nitrogen and oxygen atoms in total. The Morgan fingerprint density at radius 1 is 1.10 bits per heavy atom. The lowest BCUT2D eigenvalue weighted by Gasteiger charge is -2.22. The van der Waals surface area contributed by atoms with Crippen molar-refractivity contribution in [3.8, 4) is 11.5 Å². The van der Waals surface area contributed by atoms with Gasteiger partial charge in [0.15, 0.2) is 0 Å². The summed E-state index contributed by atoms with van der Waals surface area (Å²) in [6.45, 7) is 3.76. The van der Waals surface area contributed by atoms with Gasteiger partial charge in [0.05, 0.1) is 27.0 Å². The summed E-state index contributed by atoms with van der Waals surface area (Å²) in [5, 5.41) is 0.409. The Hall–Kier alpha value is -2.05. The van der Waals surface area contributed by atoms with Crippen LogP contribution < -0.4 is 15.4 Å². The van der Waals surface area contributed by atoms with E-state index in [0.29, 0.717) is 32.4 Å². The first-order chi connectivity index (χ1) is 13.8. The second-order valence-electron chi connectivity index (χ2n) is 7.78. The predicted octanol–water partition coefficient (Wildman–Crippen LogP) is 5.77. The van der Waals surface area contributed by atoms with E-state index in [1.807, 2.05) is 19.9 Å². The molecule has 1 aliphatic heterocycles. The standard InChI is InChI=1S/C22H22BrClN2O3/c1-11-9-17(26-21(27)14-5-3-4-6-15(14)22(26)28)12(2)19(23)20(11)29-18-8-7-13(25)10-16(18)24/h7-10,14-15H,3-6,25H2,1-2H3. The molecule has 2 fully saturated rings. The van der Waals surface area contributed by atoms with Gasteiger partial charge in [-0.1, -0.05) is 24.4 Å². The van der Waals surface area contributed by atoms with Crippen molar-refractivity contribution in [1.82, 2.24) is 0 Å². The largest absolute Gasteiger partial charge is 0.454 e. The van der Waals surface area contributed by atoms with E-state index in [1.54, 1.807) is 18.2 Å². The van der Waals surface area contributed by atoms with E-state index in [2.05, 4.69) is 15.9 Å². The number of rotatable bonds is 3. The lowest BCUT2D eigenvalue weighted by molar-refractivity contribution is -0.122. The van der Waals surface area contributed by atoms with Crippen molar-refractivity contribution < 1.29 is 14.3 Å². The van der Waals surface area contributed by atoms with Gasteiger partial charge in [-0.2, -0.15) is 0 Å². The zero-order valence-electron chi connectivity index (χ0n) is 16.3. The third kappa shape index (κ3) is 3.42. The molecular weight excluding hydrogens is 456 g/mol. The van der Waals surface area contributed by atoms with Crippen LogP contribution in [0.2, 0.25) is 5.02 Å². The van der Waals surface area contributed by atoms with Crippen LogP contribution in [0.4, 0.5) is 11.4 Å². The van der Waals surface area contributed by atoms with Gasteiger partial charge < -0.3 is 10.5 Å². The van der Waals surface area contributed by atoms with E-state index in [-0.39, 0.29) is 23.7 Å². The number of aryl methyl sites for hydroxylation is 1. The number of hydrogen-bond acceptors (Lipinski definition) is 4. The van der Waals surface area contributed by atoms with Crippen molar-refractivity contribution >= 4 is 50.7 Å². The van der Waals surface area contributed by atoms with Crippen LogP contribution in [0.1, 0.15) is 36.8 Å². The fourth-order valence-corrected chi connectivity index (χ4v) is 5.13. The maximum Gasteiger partial charge on any atom is 0.237 e. The second kappa shape index (κ2) is 7.65. The number of anilines is 2. The van der Waals surface area contributed by atoms with Gasteiger partial charge in [-0.15, -0.1) is 0 Å². The summed E-state index contributed by atoms with van der Waals surface area (Å²) in [5.74, 6) is 0.553. The Morgan fingerprint density at radius 3 is 2.31 bits per heavy atom. The number of halogens is 2. The molecule has 0 radical (unpaired) electrons. The van der Waals surface area contributed by atoms with Crippen LogP contribution in [0.15, 0.2) is 28.7 Å². The molecule has 2 aliphatic rings. The Labute approximate surface area is 183 Å².